The number of hydrogen-bond donors (Lipinski definition) is 0. The Morgan fingerprint density at radius 3 is 2.50 bits per heavy atom. The predicted octanol–water partition coefficient (Wildman–Crippen LogP) is 2.00. The second kappa shape index (κ2) is 6.29. The highest BCUT2D eigenvalue weighted by Crippen LogP contribution is 2.25. The highest BCUT2D eigenvalue weighted by atomic mass is 32.2. The fourth-order valence-corrected chi connectivity index (χ4v) is 4.87. The van der Waals surface area contributed by atoms with Crippen LogP contribution in [0.4, 0.5) is 0 Å². The predicted molar refractivity (Wildman–Crippen MR) is 83.8 cm³/mol. The molecule has 0 saturated carbocycles. The topological polar surface area (TPSA) is 63.7 Å². The molecule has 1 fully saturated rings. The van der Waals surface area contributed by atoms with Crippen molar-refractivity contribution in [3.63, 3.8) is 0 Å². The fourth-order valence-electron chi connectivity index (χ4n) is 2.24. The Morgan fingerprint density at radius 1 is 1.14 bits per heavy atom. The van der Waals surface area contributed by atoms with E-state index in [1.807, 2.05) is 6.07 Å². The SMILES string of the molecule is O=C(c1ccccc1)c1cc(S(=O)(=O)N2CCOCC2)cs1. The largest absolute Gasteiger partial charge is 0.379 e. The summed E-state index contributed by atoms with van der Waals surface area (Å²) >= 11 is 1.16. The number of rotatable bonds is 4. The number of sulfonamides is 1. The van der Waals surface area contributed by atoms with E-state index in [2.05, 4.69) is 0 Å². The van der Waals surface area contributed by atoms with Gasteiger partial charge in [-0.05, 0) is 6.07 Å². The molecule has 2 heterocycles. The van der Waals surface area contributed by atoms with E-state index < -0.39 is 10.0 Å². The maximum Gasteiger partial charge on any atom is 0.244 e. The minimum absolute atomic E-state index is 0.158. The quantitative estimate of drug-likeness (QED) is 0.801. The maximum absolute atomic E-state index is 12.5. The van der Waals surface area contributed by atoms with Crippen molar-refractivity contribution < 1.29 is 17.9 Å². The van der Waals surface area contributed by atoms with E-state index >= 15 is 0 Å². The third-order valence-corrected chi connectivity index (χ3v) is 6.40. The number of hydrogen-bond acceptors (Lipinski definition) is 5. The first-order chi connectivity index (χ1) is 10.6. The first kappa shape index (κ1) is 15.4. The first-order valence-electron chi connectivity index (χ1n) is 6.85. The van der Waals surface area contributed by atoms with Crippen molar-refractivity contribution in [2.24, 2.45) is 0 Å². The second-order valence-electron chi connectivity index (χ2n) is 4.86. The second-order valence-corrected chi connectivity index (χ2v) is 7.71. The Morgan fingerprint density at radius 2 is 1.82 bits per heavy atom. The smallest absolute Gasteiger partial charge is 0.244 e. The van der Waals surface area contributed by atoms with Crippen molar-refractivity contribution in [1.82, 2.24) is 4.31 Å². The fraction of sp³-hybridized carbons (Fsp3) is 0.267. The lowest BCUT2D eigenvalue weighted by atomic mass is 10.1. The monoisotopic (exact) mass is 337 g/mol. The molecule has 0 aliphatic carbocycles. The molecule has 0 spiro atoms. The number of carbonyl (C=O) groups is 1. The van der Waals surface area contributed by atoms with Crippen LogP contribution >= 0.6 is 11.3 Å². The maximum atomic E-state index is 12.5. The molecule has 0 atom stereocenters. The summed E-state index contributed by atoms with van der Waals surface area (Å²) in [5.41, 5.74) is 0.555. The Kier molecular flexibility index (Phi) is 4.39. The molecule has 1 saturated heterocycles. The van der Waals surface area contributed by atoms with Gasteiger partial charge in [0.25, 0.3) is 0 Å². The zero-order chi connectivity index (χ0) is 15.6. The summed E-state index contributed by atoms with van der Waals surface area (Å²) in [5.74, 6) is -0.158. The van der Waals surface area contributed by atoms with E-state index in [-0.39, 0.29) is 10.7 Å². The third kappa shape index (κ3) is 2.98. The minimum atomic E-state index is -3.55. The number of thiophene rings is 1. The Labute approximate surface area is 133 Å². The van der Waals surface area contributed by atoms with Gasteiger partial charge in [-0.2, -0.15) is 4.31 Å². The van der Waals surface area contributed by atoms with Gasteiger partial charge < -0.3 is 4.74 Å². The lowest BCUT2D eigenvalue weighted by Gasteiger charge is -2.25. The van der Waals surface area contributed by atoms with Crippen molar-refractivity contribution >= 4 is 27.1 Å². The van der Waals surface area contributed by atoms with E-state index in [0.717, 1.165) is 11.3 Å². The normalized spacial score (nSPS) is 16.5. The van der Waals surface area contributed by atoms with E-state index in [1.54, 1.807) is 24.3 Å². The lowest BCUT2D eigenvalue weighted by molar-refractivity contribution is 0.0730. The molecule has 22 heavy (non-hydrogen) atoms. The molecular weight excluding hydrogens is 322 g/mol. The minimum Gasteiger partial charge on any atom is -0.379 e. The van der Waals surface area contributed by atoms with Gasteiger partial charge in [-0.25, -0.2) is 8.42 Å². The van der Waals surface area contributed by atoms with Crippen molar-refractivity contribution in [3.8, 4) is 0 Å². The summed E-state index contributed by atoms with van der Waals surface area (Å²) in [4.78, 5) is 13.0. The number of benzene rings is 1. The average Bonchev–Trinajstić information content (AvgIpc) is 3.06. The van der Waals surface area contributed by atoms with Crippen LogP contribution in [0.2, 0.25) is 0 Å². The van der Waals surface area contributed by atoms with Crippen LogP contribution in [0, 0.1) is 0 Å². The molecule has 0 radical (unpaired) electrons. The van der Waals surface area contributed by atoms with Crippen LogP contribution in [0.3, 0.4) is 0 Å². The van der Waals surface area contributed by atoms with E-state index in [0.29, 0.717) is 36.7 Å². The number of ketones is 1. The van der Waals surface area contributed by atoms with Crippen LogP contribution in [0.1, 0.15) is 15.2 Å². The number of nitrogens with zero attached hydrogens (tertiary/aromatic N) is 1. The van der Waals surface area contributed by atoms with Gasteiger partial charge in [-0.3, -0.25) is 4.79 Å². The summed E-state index contributed by atoms with van der Waals surface area (Å²) in [7, 11) is -3.55. The van der Waals surface area contributed by atoms with Gasteiger partial charge in [0.2, 0.25) is 15.8 Å². The van der Waals surface area contributed by atoms with Crippen LogP contribution in [-0.2, 0) is 14.8 Å². The van der Waals surface area contributed by atoms with Gasteiger partial charge in [0, 0.05) is 24.0 Å². The molecule has 0 N–H and O–H groups in total. The van der Waals surface area contributed by atoms with Crippen LogP contribution in [0.25, 0.3) is 0 Å². The van der Waals surface area contributed by atoms with Crippen LogP contribution < -0.4 is 0 Å². The zero-order valence-corrected chi connectivity index (χ0v) is 13.4. The number of carbonyl (C=O) groups excluding carboxylic acids is 1. The lowest BCUT2D eigenvalue weighted by Crippen LogP contribution is -2.40. The zero-order valence-electron chi connectivity index (χ0n) is 11.8. The van der Waals surface area contributed by atoms with Gasteiger partial charge in [-0.15, -0.1) is 11.3 Å². The van der Waals surface area contributed by atoms with Crippen LogP contribution in [0.15, 0.2) is 46.7 Å². The van der Waals surface area contributed by atoms with Crippen LogP contribution in [-0.4, -0.2) is 44.8 Å². The molecule has 116 valence electrons. The highest BCUT2D eigenvalue weighted by Gasteiger charge is 2.28. The molecule has 3 rings (SSSR count). The van der Waals surface area contributed by atoms with Crippen molar-refractivity contribution in [2.45, 2.75) is 4.90 Å². The highest BCUT2D eigenvalue weighted by molar-refractivity contribution is 7.89. The third-order valence-electron chi connectivity index (χ3n) is 3.44. The van der Waals surface area contributed by atoms with E-state index in [1.165, 1.54) is 15.8 Å². The van der Waals surface area contributed by atoms with Crippen molar-refractivity contribution in [2.75, 3.05) is 26.3 Å². The van der Waals surface area contributed by atoms with E-state index in [4.69, 9.17) is 4.74 Å². The number of morpholine rings is 1. The van der Waals surface area contributed by atoms with Gasteiger partial charge in [0.15, 0.2) is 0 Å². The van der Waals surface area contributed by atoms with E-state index in [9.17, 15) is 13.2 Å². The van der Waals surface area contributed by atoms with Gasteiger partial charge in [0.05, 0.1) is 23.0 Å². The summed E-state index contributed by atoms with van der Waals surface area (Å²) in [6.45, 7) is 1.50. The summed E-state index contributed by atoms with van der Waals surface area (Å²) < 4.78 is 31.6. The van der Waals surface area contributed by atoms with Crippen molar-refractivity contribution in [1.29, 1.82) is 0 Å². The molecule has 1 aliphatic rings. The average molecular weight is 337 g/mol. The Hall–Kier alpha value is -1.54. The number of ether oxygens (including phenoxy) is 1. The van der Waals surface area contributed by atoms with Gasteiger partial charge in [0.1, 0.15) is 0 Å². The first-order valence-corrected chi connectivity index (χ1v) is 9.17. The molecule has 0 amide bonds. The summed E-state index contributed by atoms with van der Waals surface area (Å²) in [5, 5.41) is 1.53. The van der Waals surface area contributed by atoms with Crippen molar-refractivity contribution in [3.05, 3.63) is 52.2 Å². The molecule has 1 aromatic carbocycles. The van der Waals surface area contributed by atoms with Gasteiger partial charge in [-0.1, -0.05) is 30.3 Å². The Balaban J connectivity index is 1.86. The molecule has 5 nitrogen and oxygen atoms in total. The molecule has 0 unspecified atom stereocenters. The van der Waals surface area contributed by atoms with Gasteiger partial charge >= 0.3 is 0 Å². The molecule has 2 aromatic rings. The molecule has 1 aliphatic heterocycles. The molecule has 1 aromatic heterocycles. The van der Waals surface area contributed by atoms with Crippen LogP contribution in [0.5, 0.6) is 0 Å². The standard InChI is InChI=1S/C15H15NO4S2/c17-15(12-4-2-1-3-5-12)14-10-13(11-21-14)22(18,19)16-6-8-20-9-7-16/h1-5,10-11H,6-9H2. The summed E-state index contributed by atoms with van der Waals surface area (Å²) in [6, 6.07) is 10.3. The Bertz CT molecular complexity index is 762. The summed E-state index contributed by atoms with van der Waals surface area (Å²) in [6.07, 6.45) is 0. The molecular formula is C15H15NO4S2. The molecule has 7 heteroatoms. The molecule has 0 bridgehead atoms.